The van der Waals surface area contributed by atoms with Crippen molar-refractivity contribution in [1.29, 1.82) is 0 Å². The zero-order chi connectivity index (χ0) is 16.1. The van der Waals surface area contributed by atoms with Crippen LogP contribution in [-0.4, -0.2) is 10.9 Å². The van der Waals surface area contributed by atoms with Gasteiger partial charge in [0.15, 0.2) is 0 Å². The van der Waals surface area contributed by atoms with Gasteiger partial charge in [-0.25, -0.2) is 4.98 Å². The highest BCUT2D eigenvalue weighted by Crippen LogP contribution is 2.20. The lowest BCUT2D eigenvalue weighted by atomic mass is 9.99. The summed E-state index contributed by atoms with van der Waals surface area (Å²) in [6.45, 7) is 1.90. The van der Waals surface area contributed by atoms with Crippen molar-refractivity contribution in [3.63, 3.8) is 0 Å². The van der Waals surface area contributed by atoms with Crippen molar-refractivity contribution >= 4 is 17.2 Å². The number of amides is 1. The molecule has 1 unspecified atom stereocenters. The van der Waals surface area contributed by atoms with Crippen LogP contribution in [0.15, 0.2) is 66.9 Å². The molecule has 0 fully saturated rings. The number of benzene rings is 2. The summed E-state index contributed by atoms with van der Waals surface area (Å²) in [4.78, 5) is 17.3. The summed E-state index contributed by atoms with van der Waals surface area (Å²) in [6, 6.07) is 20.2. The Labute approximate surface area is 140 Å². The number of carbonyl (C=O) groups is 1. The van der Waals surface area contributed by atoms with Gasteiger partial charge in [-0.05, 0) is 24.5 Å². The minimum absolute atomic E-state index is 0.0616. The second-order valence-electron chi connectivity index (χ2n) is 5.37. The number of nitrogens with one attached hydrogen (secondary N) is 1. The quantitative estimate of drug-likeness (QED) is 0.766. The van der Waals surface area contributed by atoms with Crippen LogP contribution in [0.4, 0.5) is 0 Å². The number of hydrogen-bond donors (Lipinski definition) is 1. The van der Waals surface area contributed by atoms with Gasteiger partial charge in [0.05, 0.1) is 17.2 Å². The van der Waals surface area contributed by atoms with Crippen LogP contribution in [0.25, 0.3) is 0 Å². The average Bonchev–Trinajstić information content (AvgIpc) is 3.03. The largest absolute Gasteiger partial charge is 0.344 e. The first-order valence-corrected chi connectivity index (χ1v) is 8.36. The van der Waals surface area contributed by atoms with E-state index >= 15 is 0 Å². The fraction of sp³-hybridized carbons (Fsp3) is 0.158. The highest BCUT2D eigenvalue weighted by molar-refractivity contribution is 7.13. The molecule has 23 heavy (non-hydrogen) atoms. The molecule has 0 saturated heterocycles. The molecule has 1 aromatic heterocycles. The second-order valence-corrected chi connectivity index (χ2v) is 6.60. The highest BCUT2D eigenvalue weighted by atomic mass is 32.1. The Balaban J connectivity index is 1.82. The maximum absolute atomic E-state index is 12.5. The van der Waals surface area contributed by atoms with Gasteiger partial charge in [-0.3, -0.25) is 4.79 Å². The van der Waals surface area contributed by atoms with Gasteiger partial charge in [0.1, 0.15) is 4.88 Å². The van der Waals surface area contributed by atoms with E-state index in [0.717, 1.165) is 17.0 Å². The van der Waals surface area contributed by atoms with E-state index in [9.17, 15) is 4.79 Å². The van der Waals surface area contributed by atoms with Gasteiger partial charge in [-0.15, -0.1) is 11.3 Å². The van der Waals surface area contributed by atoms with E-state index in [1.54, 1.807) is 6.20 Å². The number of thiazole rings is 1. The Bertz CT molecular complexity index is 768. The molecule has 1 atom stereocenters. The number of hydrogen-bond acceptors (Lipinski definition) is 3. The molecule has 2 aromatic carbocycles. The molecular formula is C19H18N2OS. The van der Waals surface area contributed by atoms with E-state index < -0.39 is 0 Å². The number of carbonyl (C=O) groups excluding carboxylic acids is 1. The lowest BCUT2D eigenvalue weighted by Crippen LogP contribution is -2.29. The first-order valence-electron chi connectivity index (χ1n) is 7.54. The van der Waals surface area contributed by atoms with Crippen LogP contribution >= 0.6 is 11.3 Å². The van der Waals surface area contributed by atoms with Crippen molar-refractivity contribution in [2.45, 2.75) is 19.4 Å². The normalized spacial score (nSPS) is 11.9. The molecule has 1 N–H and O–H groups in total. The van der Waals surface area contributed by atoms with Crippen LogP contribution < -0.4 is 5.32 Å². The maximum Gasteiger partial charge on any atom is 0.263 e. The minimum atomic E-state index is -0.0691. The molecule has 0 aliphatic rings. The Morgan fingerprint density at radius 1 is 1.09 bits per heavy atom. The fourth-order valence-electron chi connectivity index (χ4n) is 2.48. The van der Waals surface area contributed by atoms with E-state index in [2.05, 4.69) is 22.4 Å². The van der Waals surface area contributed by atoms with Gasteiger partial charge in [0.2, 0.25) is 0 Å². The van der Waals surface area contributed by atoms with Crippen molar-refractivity contribution in [2.75, 3.05) is 0 Å². The molecule has 4 heteroatoms. The van der Waals surface area contributed by atoms with Crippen LogP contribution in [0.2, 0.25) is 0 Å². The van der Waals surface area contributed by atoms with Gasteiger partial charge in [-0.2, -0.15) is 0 Å². The minimum Gasteiger partial charge on any atom is -0.344 e. The Hall–Kier alpha value is -2.46. The Morgan fingerprint density at radius 2 is 1.74 bits per heavy atom. The summed E-state index contributed by atoms with van der Waals surface area (Å²) in [6.07, 6.45) is 2.40. The van der Waals surface area contributed by atoms with Crippen molar-refractivity contribution in [2.24, 2.45) is 0 Å². The molecule has 0 bridgehead atoms. The first kappa shape index (κ1) is 15.4. The summed E-state index contributed by atoms with van der Waals surface area (Å²) in [5.74, 6) is -0.0691. The van der Waals surface area contributed by atoms with E-state index in [0.29, 0.717) is 4.88 Å². The van der Waals surface area contributed by atoms with Gasteiger partial charge >= 0.3 is 0 Å². The lowest BCUT2D eigenvalue weighted by Gasteiger charge is -2.19. The van der Waals surface area contributed by atoms with Gasteiger partial charge in [0, 0.05) is 0 Å². The summed E-state index contributed by atoms with van der Waals surface area (Å²) in [7, 11) is 0. The zero-order valence-electron chi connectivity index (χ0n) is 12.9. The predicted octanol–water partition coefficient (Wildman–Crippen LogP) is 4.17. The third kappa shape index (κ3) is 4.05. The fourth-order valence-corrected chi connectivity index (χ4v) is 3.16. The molecule has 0 aliphatic heterocycles. The van der Waals surface area contributed by atoms with E-state index in [4.69, 9.17) is 0 Å². The van der Waals surface area contributed by atoms with Crippen molar-refractivity contribution in [3.05, 3.63) is 87.9 Å². The third-order valence-corrected chi connectivity index (χ3v) is 4.55. The average molecular weight is 322 g/mol. The monoisotopic (exact) mass is 322 g/mol. The van der Waals surface area contributed by atoms with Crippen molar-refractivity contribution in [1.82, 2.24) is 10.3 Å². The van der Waals surface area contributed by atoms with E-state index in [1.165, 1.54) is 16.9 Å². The molecule has 3 aromatic rings. The summed E-state index contributed by atoms with van der Waals surface area (Å²) in [5.41, 5.74) is 2.30. The molecule has 3 rings (SSSR count). The number of aryl methyl sites for hydroxylation is 1. The molecule has 1 amide bonds. The highest BCUT2D eigenvalue weighted by Gasteiger charge is 2.17. The summed E-state index contributed by atoms with van der Waals surface area (Å²) in [5, 5.41) is 4.04. The molecular weight excluding hydrogens is 304 g/mol. The summed E-state index contributed by atoms with van der Waals surface area (Å²) < 4.78 is 0. The molecule has 0 radical (unpaired) electrons. The van der Waals surface area contributed by atoms with E-state index in [1.807, 2.05) is 55.5 Å². The van der Waals surface area contributed by atoms with Crippen LogP contribution in [0.1, 0.15) is 31.8 Å². The van der Waals surface area contributed by atoms with Crippen LogP contribution in [0, 0.1) is 6.92 Å². The molecule has 1 heterocycles. The molecule has 0 spiro atoms. The van der Waals surface area contributed by atoms with Crippen LogP contribution in [0.3, 0.4) is 0 Å². The molecule has 3 nitrogen and oxygen atoms in total. The van der Waals surface area contributed by atoms with Crippen LogP contribution in [-0.2, 0) is 6.42 Å². The smallest absolute Gasteiger partial charge is 0.263 e. The Kier molecular flexibility index (Phi) is 4.83. The third-order valence-electron chi connectivity index (χ3n) is 3.63. The van der Waals surface area contributed by atoms with Crippen molar-refractivity contribution in [3.8, 4) is 0 Å². The van der Waals surface area contributed by atoms with Gasteiger partial charge < -0.3 is 5.32 Å². The number of nitrogens with zero attached hydrogens (tertiary/aromatic N) is 1. The topological polar surface area (TPSA) is 42.0 Å². The molecule has 0 aliphatic carbocycles. The SMILES string of the molecule is Cc1ncc(C(=O)NC(Cc2ccccc2)c2ccccc2)s1. The predicted molar refractivity (Wildman–Crippen MR) is 93.6 cm³/mol. The molecule has 116 valence electrons. The van der Waals surface area contributed by atoms with Crippen molar-refractivity contribution < 1.29 is 4.79 Å². The second kappa shape index (κ2) is 7.20. The summed E-state index contributed by atoms with van der Waals surface area (Å²) >= 11 is 1.42. The van der Waals surface area contributed by atoms with E-state index in [-0.39, 0.29) is 11.9 Å². The zero-order valence-corrected chi connectivity index (χ0v) is 13.7. The standard InChI is InChI=1S/C19H18N2OS/c1-14-20-13-18(23-14)19(22)21-17(16-10-6-3-7-11-16)12-15-8-4-2-5-9-15/h2-11,13,17H,12H2,1H3,(H,21,22). The lowest BCUT2D eigenvalue weighted by molar-refractivity contribution is 0.0940. The number of rotatable bonds is 5. The molecule has 0 saturated carbocycles. The first-order chi connectivity index (χ1) is 11.2. The Morgan fingerprint density at radius 3 is 2.35 bits per heavy atom. The van der Waals surface area contributed by atoms with Gasteiger partial charge in [0.25, 0.3) is 5.91 Å². The van der Waals surface area contributed by atoms with Gasteiger partial charge in [-0.1, -0.05) is 60.7 Å². The maximum atomic E-state index is 12.5. The van der Waals surface area contributed by atoms with Crippen LogP contribution in [0.5, 0.6) is 0 Å². The number of aromatic nitrogens is 1.